The number of para-hydroxylation sites is 1. The van der Waals surface area contributed by atoms with Crippen molar-refractivity contribution in [2.24, 2.45) is 11.1 Å². The number of benzene rings is 2. The first-order valence-electron chi connectivity index (χ1n) is 11.2. The van der Waals surface area contributed by atoms with Gasteiger partial charge in [-0.25, -0.2) is 13.2 Å². The second-order valence-corrected chi connectivity index (χ2v) is 10.8. The highest BCUT2D eigenvalue weighted by atomic mass is 32.2. The van der Waals surface area contributed by atoms with E-state index >= 15 is 0 Å². The number of amides is 1. The molecule has 2 aromatic carbocycles. The third-order valence-corrected chi connectivity index (χ3v) is 7.39. The van der Waals surface area contributed by atoms with Gasteiger partial charge in [-0.1, -0.05) is 55.4 Å². The van der Waals surface area contributed by atoms with E-state index in [1.165, 1.54) is 12.1 Å². The summed E-state index contributed by atoms with van der Waals surface area (Å²) in [5.41, 5.74) is 1.26. The molecule has 0 spiro atoms. The lowest BCUT2D eigenvalue weighted by molar-refractivity contribution is -0.147. The van der Waals surface area contributed by atoms with E-state index < -0.39 is 33.5 Å². The second-order valence-electron chi connectivity index (χ2n) is 8.69. The number of carbonyl (C=O) groups is 2. The molecule has 0 bridgehead atoms. The average Bonchev–Trinajstić information content (AvgIpc) is 3.25. The lowest BCUT2D eigenvalue weighted by Crippen LogP contribution is -2.51. The average molecular weight is 500 g/mol. The Bertz CT molecular complexity index is 1320. The normalized spacial score (nSPS) is 13.2. The largest absolute Gasteiger partial charge is 0.480 e. The molecule has 0 aliphatic heterocycles. The van der Waals surface area contributed by atoms with E-state index in [2.05, 4.69) is 10.1 Å². The molecule has 1 amide bonds. The van der Waals surface area contributed by atoms with Gasteiger partial charge in [-0.3, -0.25) is 4.79 Å². The van der Waals surface area contributed by atoms with Crippen LogP contribution in [0.4, 0.5) is 0 Å². The lowest BCUT2D eigenvalue weighted by Gasteiger charge is -2.29. The molecule has 35 heavy (non-hydrogen) atoms. The number of oxime groups is 1. The predicted octanol–water partition coefficient (Wildman–Crippen LogP) is 3.34. The number of hydrogen-bond donors (Lipinski definition) is 3. The summed E-state index contributed by atoms with van der Waals surface area (Å²) in [6.45, 7) is 3.26. The van der Waals surface area contributed by atoms with Crippen molar-refractivity contribution in [3.8, 4) is 0 Å². The smallest absolute Gasteiger partial charge is 0.326 e. The van der Waals surface area contributed by atoms with Gasteiger partial charge in [0.05, 0.1) is 10.6 Å². The van der Waals surface area contributed by atoms with Gasteiger partial charge >= 0.3 is 5.97 Å². The molecule has 186 valence electrons. The van der Waals surface area contributed by atoms with Gasteiger partial charge in [0, 0.05) is 36.5 Å². The van der Waals surface area contributed by atoms with Crippen LogP contribution in [0.3, 0.4) is 0 Å². The fourth-order valence-corrected chi connectivity index (χ4v) is 5.17. The van der Waals surface area contributed by atoms with Crippen LogP contribution in [0.1, 0.15) is 25.8 Å². The second kappa shape index (κ2) is 11.2. The van der Waals surface area contributed by atoms with Crippen LogP contribution < -0.4 is 0 Å². The minimum Gasteiger partial charge on any atom is -0.480 e. The molecule has 10 heteroatoms. The standard InChI is InChI=1S/C25H29N3O6S/c1-17(2)14-22(27-32)24(29)28(12-13-35(33,34)19-8-4-3-5-9-19)23(25(30)31)15-18-16-26-21-11-7-6-10-20(18)21/h3-11,16-17,23,26,32H,12-15H2,1-2H3,(H,30,31). The van der Waals surface area contributed by atoms with Gasteiger partial charge in [-0.05, 0) is 29.7 Å². The molecule has 0 aliphatic rings. The van der Waals surface area contributed by atoms with Crippen LogP contribution >= 0.6 is 0 Å². The van der Waals surface area contributed by atoms with Crippen molar-refractivity contribution in [1.29, 1.82) is 0 Å². The van der Waals surface area contributed by atoms with Crippen LogP contribution in [0.25, 0.3) is 10.9 Å². The predicted molar refractivity (Wildman–Crippen MR) is 132 cm³/mol. The Morgan fingerprint density at radius 3 is 2.34 bits per heavy atom. The van der Waals surface area contributed by atoms with Gasteiger partial charge in [0.25, 0.3) is 5.91 Å². The SMILES string of the molecule is CC(C)CC(=NO)C(=O)N(CCS(=O)(=O)c1ccccc1)C(Cc1c[nH]c2ccccc12)C(=O)O. The molecule has 1 heterocycles. The van der Waals surface area contributed by atoms with Crippen LogP contribution in [0, 0.1) is 5.92 Å². The highest BCUT2D eigenvalue weighted by molar-refractivity contribution is 7.91. The zero-order valence-corrected chi connectivity index (χ0v) is 20.4. The fourth-order valence-electron chi connectivity index (χ4n) is 3.93. The molecule has 1 atom stereocenters. The number of carbonyl (C=O) groups excluding carboxylic acids is 1. The van der Waals surface area contributed by atoms with Crippen molar-refractivity contribution >= 4 is 38.3 Å². The molecule has 3 N–H and O–H groups in total. The summed E-state index contributed by atoms with van der Waals surface area (Å²) in [5.74, 6) is -2.63. The molecule has 3 aromatic rings. The van der Waals surface area contributed by atoms with Crippen molar-refractivity contribution in [2.45, 2.75) is 37.6 Å². The summed E-state index contributed by atoms with van der Waals surface area (Å²) in [7, 11) is -3.80. The molecule has 9 nitrogen and oxygen atoms in total. The minimum atomic E-state index is -3.80. The van der Waals surface area contributed by atoms with Crippen molar-refractivity contribution in [3.05, 3.63) is 66.4 Å². The number of fused-ring (bicyclic) bond motifs is 1. The zero-order chi connectivity index (χ0) is 25.6. The zero-order valence-electron chi connectivity index (χ0n) is 19.6. The van der Waals surface area contributed by atoms with Crippen LogP contribution in [0.5, 0.6) is 0 Å². The highest BCUT2D eigenvalue weighted by Crippen LogP contribution is 2.22. The molecule has 1 aromatic heterocycles. The molecule has 3 rings (SSSR count). The maximum atomic E-state index is 13.4. The monoisotopic (exact) mass is 499 g/mol. The number of aromatic amines is 1. The van der Waals surface area contributed by atoms with Crippen molar-refractivity contribution in [3.63, 3.8) is 0 Å². The quantitative estimate of drug-likeness (QED) is 0.210. The number of nitrogens with one attached hydrogen (secondary N) is 1. The fraction of sp³-hybridized carbons (Fsp3) is 0.320. The van der Waals surface area contributed by atoms with E-state index in [4.69, 9.17) is 0 Å². The van der Waals surface area contributed by atoms with Crippen LogP contribution in [-0.2, 0) is 25.8 Å². The highest BCUT2D eigenvalue weighted by Gasteiger charge is 2.34. The van der Waals surface area contributed by atoms with Gasteiger partial charge in [0.2, 0.25) is 0 Å². The topological polar surface area (TPSA) is 140 Å². The molecular weight excluding hydrogens is 470 g/mol. The van der Waals surface area contributed by atoms with Gasteiger partial charge in [-0.2, -0.15) is 0 Å². The van der Waals surface area contributed by atoms with E-state index in [1.807, 2.05) is 38.1 Å². The third-order valence-electron chi connectivity index (χ3n) is 5.68. The van der Waals surface area contributed by atoms with Crippen molar-refractivity contribution in [1.82, 2.24) is 9.88 Å². The summed E-state index contributed by atoms with van der Waals surface area (Å²) >= 11 is 0. The summed E-state index contributed by atoms with van der Waals surface area (Å²) in [6.07, 6.45) is 1.73. The van der Waals surface area contributed by atoms with E-state index in [0.29, 0.717) is 5.56 Å². The Kier molecular flexibility index (Phi) is 8.29. The lowest BCUT2D eigenvalue weighted by atomic mass is 10.0. The third kappa shape index (κ3) is 6.27. The Morgan fingerprint density at radius 1 is 1.06 bits per heavy atom. The van der Waals surface area contributed by atoms with Gasteiger partial charge in [-0.15, -0.1) is 0 Å². The number of nitrogens with zero attached hydrogens (tertiary/aromatic N) is 2. The molecular formula is C25H29N3O6S. The molecule has 0 fully saturated rings. The maximum Gasteiger partial charge on any atom is 0.326 e. The minimum absolute atomic E-state index is 0.0448. The number of aliphatic carboxylic acids is 1. The number of H-pyrrole nitrogens is 1. The van der Waals surface area contributed by atoms with E-state index in [9.17, 15) is 28.3 Å². The Balaban J connectivity index is 1.97. The number of carboxylic acids is 1. The Labute approximate surface area is 204 Å². The van der Waals surface area contributed by atoms with Crippen LogP contribution in [0.15, 0.2) is 70.8 Å². The Hall–Kier alpha value is -3.66. The van der Waals surface area contributed by atoms with Crippen LogP contribution in [0.2, 0.25) is 0 Å². The van der Waals surface area contributed by atoms with Gasteiger partial charge in [0.15, 0.2) is 9.84 Å². The van der Waals surface area contributed by atoms with Gasteiger partial charge < -0.3 is 20.2 Å². The summed E-state index contributed by atoms with van der Waals surface area (Å²) in [5, 5.41) is 23.5. The summed E-state index contributed by atoms with van der Waals surface area (Å²) < 4.78 is 25.8. The molecule has 0 saturated heterocycles. The van der Waals surface area contributed by atoms with Crippen molar-refractivity contribution < 1.29 is 28.3 Å². The summed E-state index contributed by atoms with van der Waals surface area (Å²) in [6, 6.07) is 13.7. The first-order valence-corrected chi connectivity index (χ1v) is 12.9. The Morgan fingerprint density at radius 2 is 1.71 bits per heavy atom. The number of aromatic nitrogens is 1. The van der Waals surface area contributed by atoms with E-state index in [-0.39, 0.29) is 35.9 Å². The molecule has 0 aliphatic carbocycles. The number of rotatable bonds is 11. The molecule has 0 saturated carbocycles. The molecule has 1 unspecified atom stereocenters. The van der Waals surface area contributed by atoms with E-state index in [0.717, 1.165) is 15.8 Å². The van der Waals surface area contributed by atoms with Crippen LogP contribution in [-0.4, -0.2) is 64.5 Å². The molecule has 0 radical (unpaired) electrons. The number of carboxylic acid groups (broad SMARTS) is 1. The first-order chi connectivity index (χ1) is 16.6. The number of hydrogen-bond acceptors (Lipinski definition) is 6. The summed E-state index contributed by atoms with van der Waals surface area (Å²) in [4.78, 5) is 29.9. The van der Waals surface area contributed by atoms with E-state index in [1.54, 1.807) is 24.4 Å². The first kappa shape index (κ1) is 26.0. The maximum absolute atomic E-state index is 13.4. The van der Waals surface area contributed by atoms with Gasteiger partial charge in [0.1, 0.15) is 11.8 Å². The van der Waals surface area contributed by atoms with Crippen molar-refractivity contribution in [2.75, 3.05) is 12.3 Å². The number of sulfone groups is 1.